The Morgan fingerprint density at radius 3 is 2.56 bits per heavy atom. The van der Waals surface area contributed by atoms with Crippen LogP contribution in [-0.4, -0.2) is 13.2 Å². The molecule has 0 heterocycles. The fraction of sp³-hybridized carbons (Fsp3) is 0.533. The van der Waals surface area contributed by atoms with Crippen molar-refractivity contribution in [2.24, 2.45) is 5.73 Å². The number of rotatable bonds is 4. The Bertz CT molecular complexity index is 450. The lowest BCUT2D eigenvalue weighted by atomic mass is 9.68. The summed E-state index contributed by atoms with van der Waals surface area (Å²) in [4.78, 5) is 11.7. The molecule has 2 nitrogen and oxygen atoms in total. The Morgan fingerprint density at radius 1 is 1.39 bits per heavy atom. The van der Waals surface area contributed by atoms with Crippen LogP contribution >= 0.6 is 0 Å². The van der Waals surface area contributed by atoms with Crippen LogP contribution in [-0.2, 0) is 5.41 Å². The molecule has 1 aliphatic rings. The maximum absolute atomic E-state index is 11.7. The fourth-order valence-corrected chi connectivity index (χ4v) is 3.33. The van der Waals surface area contributed by atoms with E-state index >= 15 is 0 Å². The van der Waals surface area contributed by atoms with Crippen LogP contribution in [0.1, 0.15) is 54.9 Å². The lowest BCUT2D eigenvalue weighted by Gasteiger charge is -2.30. The highest BCUT2D eigenvalue weighted by Gasteiger charge is 2.36. The minimum atomic E-state index is -0.285. The van der Waals surface area contributed by atoms with E-state index in [4.69, 9.17) is 5.73 Å². The lowest BCUT2D eigenvalue weighted by molar-refractivity contribution is 0.0997. The number of hydrogen-bond acceptors (Lipinski definition) is 1. The Kier molecular flexibility index (Phi) is 3.79. The van der Waals surface area contributed by atoms with Crippen LogP contribution in [0.2, 0.25) is 6.82 Å². The number of amides is 1. The van der Waals surface area contributed by atoms with Crippen LogP contribution in [0, 0.1) is 0 Å². The number of hydrogen-bond donors (Lipinski definition) is 1. The Morgan fingerprint density at radius 2 is 2.06 bits per heavy atom. The van der Waals surface area contributed by atoms with Crippen molar-refractivity contribution in [1.82, 2.24) is 0 Å². The van der Waals surface area contributed by atoms with E-state index in [-0.39, 0.29) is 11.3 Å². The predicted octanol–water partition coefficient (Wildman–Crippen LogP) is 2.12. The number of carbonyl (C=O) groups is 1. The van der Waals surface area contributed by atoms with Gasteiger partial charge in [0.15, 0.2) is 7.28 Å². The summed E-state index contributed by atoms with van der Waals surface area (Å²) in [6.07, 6.45) is 6.01. The molecule has 0 aromatic heterocycles. The van der Waals surface area contributed by atoms with E-state index in [1.54, 1.807) is 0 Å². The zero-order valence-corrected chi connectivity index (χ0v) is 11.5. The fourth-order valence-electron chi connectivity index (χ4n) is 3.33. The summed E-state index contributed by atoms with van der Waals surface area (Å²) in [5.41, 5.74) is 8.97. The highest BCUT2D eigenvalue weighted by molar-refractivity contribution is 6.52. The van der Waals surface area contributed by atoms with E-state index in [2.05, 4.69) is 19.8 Å². The third-order valence-electron chi connectivity index (χ3n) is 4.57. The summed E-state index contributed by atoms with van der Waals surface area (Å²) in [6.45, 7) is 4.38. The molecule has 2 N–H and O–H groups in total. The molecule has 1 aliphatic carbocycles. The van der Waals surface area contributed by atoms with Gasteiger partial charge in [0.1, 0.15) is 0 Å². The second-order valence-electron chi connectivity index (χ2n) is 5.44. The number of primary amides is 1. The monoisotopic (exact) mass is 243 g/mol. The Hall–Kier alpha value is -1.25. The first-order valence-corrected chi connectivity index (χ1v) is 7.06. The molecular formula is C15H22BNO. The van der Waals surface area contributed by atoms with Gasteiger partial charge in [-0.1, -0.05) is 44.2 Å². The van der Waals surface area contributed by atoms with Crippen molar-refractivity contribution in [1.29, 1.82) is 0 Å². The van der Waals surface area contributed by atoms with Crippen molar-refractivity contribution in [3.05, 3.63) is 29.3 Å². The van der Waals surface area contributed by atoms with E-state index in [9.17, 15) is 4.79 Å². The Labute approximate surface area is 110 Å². The summed E-state index contributed by atoms with van der Waals surface area (Å²) in [7, 11) is 1.01. The van der Waals surface area contributed by atoms with Gasteiger partial charge in [-0.2, -0.15) is 0 Å². The van der Waals surface area contributed by atoms with Crippen molar-refractivity contribution >= 4 is 18.6 Å². The number of nitrogens with two attached hydrogens (primary N) is 1. The first-order valence-electron chi connectivity index (χ1n) is 7.06. The predicted molar refractivity (Wildman–Crippen MR) is 78.0 cm³/mol. The van der Waals surface area contributed by atoms with Gasteiger partial charge in [0.05, 0.1) is 0 Å². The molecule has 3 heteroatoms. The van der Waals surface area contributed by atoms with Crippen molar-refractivity contribution in [2.75, 3.05) is 0 Å². The van der Waals surface area contributed by atoms with Crippen LogP contribution in [0.15, 0.2) is 18.2 Å². The largest absolute Gasteiger partial charge is 0.366 e. The third kappa shape index (κ3) is 2.18. The SMILES string of the molecule is CBc1ccc(C(N)=O)c(C2(CC)CCCC2)c1. The van der Waals surface area contributed by atoms with Gasteiger partial charge in [0.25, 0.3) is 0 Å². The molecule has 0 unspecified atom stereocenters. The average Bonchev–Trinajstić information content (AvgIpc) is 2.87. The van der Waals surface area contributed by atoms with Gasteiger partial charge in [-0.05, 0) is 36.3 Å². The van der Waals surface area contributed by atoms with Gasteiger partial charge < -0.3 is 5.73 Å². The molecule has 0 aliphatic heterocycles. The summed E-state index contributed by atoms with van der Waals surface area (Å²) in [5, 5.41) is 0. The smallest absolute Gasteiger partial charge is 0.248 e. The van der Waals surface area contributed by atoms with E-state index in [0.29, 0.717) is 0 Å². The van der Waals surface area contributed by atoms with E-state index in [1.165, 1.54) is 36.7 Å². The van der Waals surface area contributed by atoms with Crippen LogP contribution in [0.3, 0.4) is 0 Å². The third-order valence-corrected chi connectivity index (χ3v) is 4.57. The van der Waals surface area contributed by atoms with Crippen molar-refractivity contribution in [3.63, 3.8) is 0 Å². The van der Waals surface area contributed by atoms with Crippen molar-refractivity contribution < 1.29 is 4.79 Å². The molecule has 0 bridgehead atoms. The van der Waals surface area contributed by atoms with Gasteiger partial charge in [0.2, 0.25) is 5.91 Å². The summed E-state index contributed by atoms with van der Waals surface area (Å²) in [5.74, 6) is -0.285. The number of benzene rings is 1. The van der Waals surface area contributed by atoms with Crippen molar-refractivity contribution in [2.45, 2.75) is 51.3 Å². The highest BCUT2D eigenvalue weighted by atomic mass is 16.1. The maximum atomic E-state index is 11.7. The standard InChI is InChI=1S/C15H22BNO/c1-3-15(8-4-5-9-15)13-10-11(16-2)6-7-12(13)14(17)18/h6-7,10,16H,3-5,8-9H2,1-2H3,(H2,17,18). The molecule has 0 atom stereocenters. The quantitative estimate of drug-likeness (QED) is 0.808. The normalized spacial score (nSPS) is 17.7. The van der Waals surface area contributed by atoms with Crippen LogP contribution in [0.5, 0.6) is 0 Å². The van der Waals surface area contributed by atoms with Crippen LogP contribution < -0.4 is 11.2 Å². The molecule has 1 aromatic carbocycles. The molecule has 0 spiro atoms. The molecule has 2 rings (SSSR count). The van der Waals surface area contributed by atoms with Crippen molar-refractivity contribution in [3.8, 4) is 0 Å². The van der Waals surface area contributed by atoms with Crippen LogP contribution in [0.4, 0.5) is 0 Å². The molecule has 18 heavy (non-hydrogen) atoms. The zero-order valence-electron chi connectivity index (χ0n) is 11.5. The summed E-state index contributed by atoms with van der Waals surface area (Å²) in [6, 6.07) is 6.17. The van der Waals surface area contributed by atoms with E-state index in [0.717, 1.165) is 19.3 Å². The molecule has 1 aromatic rings. The van der Waals surface area contributed by atoms with Gasteiger partial charge >= 0.3 is 0 Å². The minimum absolute atomic E-state index is 0.190. The first-order chi connectivity index (χ1) is 8.63. The van der Waals surface area contributed by atoms with E-state index < -0.39 is 0 Å². The second-order valence-corrected chi connectivity index (χ2v) is 5.44. The first kappa shape index (κ1) is 13.2. The average molecular weight is 243 g/mol. The lowest BCUT2D eigenvalue weighted by Crippen LogP contribution is -2.29. The van der Waals surface area contributed by atoms with Gasteiger partial charge in [-0.3, -0.25) is 4.79 Å². The second kappa shape index (κ2) is 5.17. The highest BCUT2D eigenvalue weighted by Crippen LogP contribution is 2.44. The maximum Gasteiger partial charge on any atom is 0.248 e. The molecule has 0 radical (unpaired) electrons. The molecule has 96 valence electrons. The molecule has 0 saturated heterocycles. The van der Waals surface area contributed by atoms with Gasteiger partial charge in [-0.15, -0.1) is 0 Å². The molecule has 1 fully saturated rings. The minimum Gasteiger partial charge on any atom is -0.366 e. The summed E-state index contributed by atoms with van der Waals surface area (Å²) < 4.78 is 0. The topological polar surface area (TPSA) is 43.1 Å². The van der Waals surface area contributed by atoms with Crippen LogP contribution in [0.25, 0.3) is 0 Å². The van der Waals surface area contributed by atoms with Gasteiger partial charge in [0, 0.05) is 5.56 Å². The van der Waals surface area contributed by atoms with Gasteiger partial charge in [-0.25, -0.2) is 0 Å². The number of carbonyl (C=O) groups excluding carboxylic acids is 1. The summed E-state index contributed by atoms with van der Waals surface area (Å²) >= 11 is 0. The zero-order chi connectivity index (χ0) is 13.2. The molecule has 1 saturated carbocycles. The molecule has 1 amide bonds. The molecular weight excluding hydrogens is 221 g/mol. The Balaban J connectivity index is 2.55. The van der Waals surface area contributed by atoms with E-state index in [1.807, 2.05) is 12.1 Å².